The van der Waals surface area contributed by atoms with Crippen molar-refractivity contribution in [1.82, 2.24) is 25.2 Å². The molecule has 1 saturated carbocycles. The van der Waals surface area contributed by atoms with Crippen molar-refractivity contribution in [2.24, 2.45) is 0 Å². The van der Waals surface area contributed by atoms with E-state index in [9.17, 15) is 18.0 Å². The average Bonchev–Trinajstić information content (AvgIpc) is 3.34. The fraction of sp³-hybridized carbons (Fsp3) is 0.231. The number of nitrogens with one attached hydrogen (secondary N) is 3. The van der Waals surface area contributed by atoms with Gasteiger partial charge < -0.3 is 9.73 Å². The van der Waals surface area contributed by atoms with E-state index in [4.69, 9.17) is 4.42 Å². The Morgan fingerprint density at radius 2 is 1.92 bits per heavy atom. The second kappa shape index (κ2) is 9.05. The molecule has 194 valence electrons. The van der Waals surface area contributed by atoms with Crippen LogP contribution in [0.1, 0.15) is 41.5 Å². The number of amides is 2. The predicted molar refractivity (Wildman–Crippen MR) is 134 cm³/mol. The summed E-state index contributed by atoms with van der Waals surface area (Å²) in [5, 5.41) is 21.2. The van der Waals surface area contributed by atoms with E-state index >= 15 is 0 Å². The highest BCUT2D eigenvalue weighted by atomic mass is 19.4. The Labute approximate surface area is 214 Å². The maximum Gasteiger partial charge on any atom is 0.451 e. The molecule has 2 aromatic carbocycles. The summed E-state index contributed by atoms with van der Waals surface area (Å²) in [5.74, 6) is -0.717. The molecule has 12 heteroatoms. The largest absolute Gasteiger partial charge is 0.455 e. The van der Waals surface area contributed by atoms with Crippen LogP contribution < -0.4 is 10.6 Å². The molecule has 3 aromatic heterocycles. The number of halogens is 3. The number of nitrogens with zero attached hydrogens (tertiary/aromatic N) is 4. The summed E-state index contributed by atoms with van der Waals surface area (Å²) in [7, 11) is 0. The number of carbonyl (C=O) groups excluding carboxylic acids is 1. The fourth-order valence-corrected chi connectivity index (χ4v) is 4.50. The van der Waals surface area contributed by atoms with E-state index in [-0.39, 0.29) is 11.6 Å². The molecular formula is C26H22F3N7O2. The van der Waals surface area contributed by atoms with Crippen LogP contribution in [0.3, 0.4) is 0 Å². The number of rotatable bonds is 6. The number of H-pyrrole nitrogens is 1. The predicted octanol–water partition coefficient (Wildman–Crippen LogP) is 6.31. The lowest BCUT2D eigenvalue weighted by Crippen LogP contribution is -2.21. The molecular weight excluding hydrogens is 499 g/mol. The van der Waals surface area contributed by atoms with Crippen molar-refractivity contribution < 1.29 is 22.4 Å². The molecule has 0 bridgehead atoms. The van der Waals surface area contributed by atoms with Gasteiger partial charge >= 0.3 is 12.2 Å². The Morgan fingerprint density at radius 1 is 1.13 bits per heavy atom. The molecule has 38 heavy (non-hydrogen) atoms. The lowest BCUT2D eigenvalue weighted by atomic mass is 10.1. The molecule has 1 fully saturated rings. The molecule has 0 spiro atoms. The smallest absolute Gasteiger partial charge is 0.451 e. The number of carbonyl (C=O) groups is 1. The summed E-state index contributed by atoms with van der Waals surface area (Å²) in [6.45, 7) is 1.97. The molecule has 0 atom stereocenters. The minimum absolute atomic E-state index is 0.0225. The Hall–Kier alpha value is -4.61. The summed E-state index contributed by atoms with van der Waals surface area (Å²) in [5.41, 5.74) is 3.90. The Morgan fingerprint density at radius 3 is 2.66 bits per heavy atom. The molecule has 0 radical (unpaired) electrons. The normalized spacial score (nSPS) is 13.7. The quantitative estimate of drug-likeness (QED) is 0.242. The fourth-order valence-electron chi connectivity index (χ4n) is 4.50. The number of fused-ring (bicyclic) bond motifs is 1. The zero-order chi connectivity index (χ0) is 26.4. The number of aromatic amines is 1. The number of alkyl halides is 3. The van der Waals surface area contributed by atoms with Crippen molar-refractivity contribution in [2.75, 3.05) is 10.6 Å². The third-order valence-electron chi connectivity index (χ3n) is 6.34. The van der Waals surface area contributed by atoms with Crippen molar-refractivity contribution >= 4 is 28.4 Å². The molecule has 2 amide bonds. The van der Waals surface area contributed by atoms with Gasteiger partial charge in [0.05, 0.1) is 23.4 Å². The first-order valence-electron chi connectivity index (χ1n) is 12.0. The van der Waals surface area contributed by atoms with Gasteiger partial charge in [0.1, 0.15) is 11.5 Å². The Bertz CT molecular complexity index is 1630. The number of benzene rings is 2. The van der Waals surface area contributed by atoms with Crippen LogP contribution in [0.4, 0.5) is 29.5 Å². The van der Waals surface area contributed by atoms with Gasteiger partial charge in [-0.2, -0.15) is 18.3 Å². The molecule has 3 N–H and O–H groups in total. The third kappa shape index (κ3) is 4.60. The lowest BCUT2D eigenvalue weighted by Gasteiger charge is -2.09. The second-order valence-corrected chi connectivity index (χ2v) is 9.25. The zero-order valence-electron chi connectivity index (χ0n) is 20.1. The highest BCUT2D eigenvalue weighted by Crippen LogP contribution is 2.44. The second-order valence-electron chi connectivity index (χ2n) is 9.25. The van der Waals surface area contributed by atoms with Crippen molar-refractivity contribution in [3.05, 3.63) is 77.4 Å². The van der Waals surface area contributed by atoms with Crippen LogP contribution in [0, 0.1) is 6.92 Å². The number of hydrogen-bond donors (Lipinski definition) is 3. The van der Waals surface area contributed by atoms with Crippen LogP contribution in [0.15, 0.2) is 59.0 Å². The Kier molecular flexibility index (Phi) is 5.66. The van der Waals surface area contributed by atoms with Gasteiger partial charge in [0.25, 0.3) is 0 Å². The molecule has 0 unspecified atom stereocenters. The van der Waals surface area contributed by atoms with Crippen molar-refractivity contribution in [3.63, 3.8) is 0 Å². The van der Waals surface area contributed by atoms with Crippen LogP contribution in [-0.2, 0) is 12.7 Å². The van der Waals surface area contributed by atoms with Gasteiger partial charge in [-0.1, -0.05) is 41.6 Å². The zero-order valence-corrected chi connectivity index (χ0v) is 20.1. The van der Waals surface area contributed by atoms with Gasteiger partial charge in [-0.15, -0.1) is 5.10 Å². The van der Waals surface area contributed by atoms with Gasteiger partial charge in [-0.05, 0) is 37.5 Å². The summed E-state index contributed by atoms with van der Waals surface area (Å²) < 4.78 is 46.3. The molecule has 1 aliphatic carbocycles. The first-order valence-corrected chi connectivity index (χ1v) is 12.0. The summed E-state index contributed by atoms with van der Waals surface area (Å²) in [6.07, 6.45) is -2.63. The van der Waals surface area contributed by atoms with Crippen LogP contribution in [0.25, 0.3) is 22.2 Å². The van der Waals surface area contributed by atoms with E-state index in [1.165, 1.54) is 6.92 Å². The molecule has 6 rings (SSSR count). The van der Waals surface area contributed by atoms with E-state index in [0.29, 0.717) is 23.4 Å². The molecule has 0 aliphatic heterocycles. The van der Waals surface area contributed by atoms with Gasteiger partial charge in [-0.25, -0.2) is 9.48 Å². The molecule has 3 heterocycles. The first kappa shape index (κ1) is 23.8. The van der Waals surface area contributed by atoms with E-state index in [0.717, 1.165) is 41.4 Å². The van der Waals surface area contributed by atoms with Gasteiger partial charge in [0.15, 0.2) is 5.82 Å². The average molecular weight is 522 g/mol. The van der Waals surface area contributed by atoms with E-state index in [1.54, 1.807) is 0 Å². The summed E-state index contributed by atoms with van der Waals surface area (Å²) in [4.78, 5) is 12.6. The van der Waals surface area contributed by atoms with Crippen LogP contribution in [0.5, 0.6) is 0 Å². The molecule has 9 nitrogen and oxygen atoms in total. The van der Waals surface area contributed by atoms with Crippen LogP contribution in [-0.4, -0.2) is 31.2 Å². The van der Waals surface area contributed by atoms with Crippen LogP contribution in [0.2, 0.25) is 0 Å². The van der Waals surface area contributed by atoms with Gasteiger partial charge in [0.2, 0.25) is 5.76 Å². The van der Waals surface area contributed by atoms with Crippen molar-refractivity contribution in [2.45, 2.75) is 38.4 Å². The van der Waals surface area contributed by atoms with Crippen molar-refractivity contribution in [1.29, 1.82) is 0 Å². The number of urea groups is 1. The summed E-state index contributed by atoms with van der Waals surface area (Å²) >= 11 is 0. The highest BCUT2D eigenvalue weighted by Gasteiger charge is 2.39. The number of aromatic nitrogens is 5. The van der Waals surface area contributed by atoms with E-state index in [1.807, 2.05) is 53.2 Å². The molecule has 5 aromatic rings. The SMILES string of the molecule is Cc1cc(NC(=O)Nc2n[nH]c3ccc(-c4nnn(Cc5ccccc5)c4C4CC4)cc23)c(C(F)(F)F)o1. The topological polar surface area (TPSA) is 114 Å². The number of aryl methyl sites for hydroxylation is 1. The minimum Gasteiger partial charge on any atom is -0.455 e. The molecule has 1 aliphatic rings. The molecule has 0 saturated heterocycles. The minimum atomic E-state index is -4.75. The van der Waals surface area contributed by atoms with Crippen LogP contribution >= 0.6 is 0 Å². The maximum atomic E-state index is 13.2. The number of furan rings is 1. The third-order valence-corrected chi connectivity index (χ3v) is 6.34. The van der Waals surface area contributed by atoms with Crippen molar-refractivity contribution in [3.8, 4) is 11.3 Å². The van der Waals surface area contributed by atoms with E-state index in [2.05, 4.69) is 31.1 Å². The highest BCUT2D eigenvalue weighted by molar-refractivity contribution is 6.05. The first-order chi connectivity index (χ1) is 18.3. The number of anilines is 2. The number of hydrogen-bond acceptors (Lipinski definition) is 5. The Balaban J connectivity index is 1.28. The summed E-state index contributed by atoms with van der Waals surface area (Å²) in [6, 6.07) is 15.8. The maximum absolute atomic E-state index is 13.2. The van der Waals surface area contributed by atoms with Gasteiger partial charge in [0, 0.05) is 22.9 Å². The lowest BCUT2D eigenvalue weighted by molar-refractivity contribution is -0.152. The van der Waals surface area contributed by atoms with Gasteiger partial charge in [-0.3, -0.25) is 10.4 Å². The monoisotopic (exact) mass is 521 g/mol. The van der Waals surface area contributed by atoms with E-state index < -0.39 is 23.7 Å². The standard InChI is InChI=1S/C26H22F3N7O2/c1-14-11-20(23(38-14)26(27,28)29)30-25(37)31-24-18-12-17(9-10-19(18)32-34-24)21-22(16-7-8-16)36(35-33-21)13-15-5-3-2-4-6-15/h2-6,9-12,16H,7-8,13H2,1H3,(H3,30,31,32,34,37).